The first-order chi connectivity index (χ1) is 13.2. The summed E-state index contributed by atoms with van der Waals surface area (Å²) in [6.07, 6.45) is 0. The molecule has 0 spiro atoms. The number of benzene rings is 2. The lowest BCUT2D eigenvalue weighted by Crippen LogP contribution is -2.41. The number of amides is 2. The molecule has 0 heterocycles. The average molecular weight is 385 g/mol. The van der Waals surface area contributed by atoms with Crippen LogP contribution in [0.4, 0.5) is 17.1 Å². The van der Waals surface area contributed by atoms with E-state index >= 15 is 0 Å². The zero-order valence-corrected chi connectivity index (χ0v) is 17.1. The standard InChI is InChI=1S/C21H27N3O4/c1-21(2,19(25)22-14-7-10-16(11-8-14)24(3)4)20(26)23-15-9-12-17(27-5)18(13-15)28-6/h7-13H,1-6H3,(H,22,25)(H,23,26). The molecule has 2 rings (SSSR count). The molecule has 0 bridgehead atoms. The Hall–Kier alpha value is -3.22. The van der Waals surface area contributed by atoms with Crippen LogP contribution < -0.4 is 25.0 Å². The Bertz CT molecular complexity index is 845. The second kappa shape index (κ2) is 8.65. The van der Waals surface area contributed by atoms with Crippen LogP contribution in [0.25, 0.3) is 0 Å². The summed E-state index contributed by atoms with van der Waals surface area (Å²) >= 11 is 0. The summed E-state index contributed by atoms with van der Waals surface area (Å²) in [6.45, 7) is 3.15. The van der Waals surface area contributed by atoms with E-state index in [1.54, 1.807) is 44.2 Å². The summed E-state index contributed by atoms with van der Waals surface area (Å²) in [5.41, 5.74) is 0.873. The Labute approximate surface area is 165 Å². The van der Waals surface area contributed by atoms with Crippen molar-refractivity contribution < 1.29 is 19.1 Å². The lowest BCUT2D eigenvalue weighted by Gasteiger charge is -2.23. The normalized spacial score (nSPS) is 10.8. The van der Waals surface area contributed by atoms with E-state index in [1.165, 1.54) is 14.2 Å². The summed E-state index contributed by atoms with van der Waals surface area (Å²) in [6, 6.07) is 12.4. The Balaban J connectivity index is 2.09. The van der Waals surface area contributed by atoms with Gasteiger partial charge in [-0.1, -0.05) is 0 Å². The molecule has 0 radical (unpaired) electrons. The fourth-order valence-electron chi connectivity index (χ4n) is 2.43. The highest BCUT2D eigenvalue weighted by Gasteiger charge is 2.36. The topological polar surface area (TPSA) is 79.9 Å². The van der Waals surface area contributed by atoms with E-state index in [0.717, 1.165) is 5.69 Å². The number of carbonyl (C=O) groups excluding carboxylic acids is 2. The third-order valence-electron chi connectivity index (χ3n) is 4.42. The minimum Gasteiger partial charge on any atom is -0.493 e. The summed E-state index contributed by atoms with van der Waals surface area (Å²) in [5, 5.41) is 5.55. The maximum Gasteiger partial charge on any atom is 0.239 e. The molecule has 2 N–H and O–H groups in total. The molecule has 0 unspecified atom stereocenters. The third kappa shape index (κ3) is 4.73. The predicted octanol–water partition coefficient (Wildman–Crippen LogP) is 3.37. The van der Waals surface area contributed by atoms with Crippen molar-refractivity contribution in [2.45, 2.75) is 13.8 Å². The van der Waals surface area contributed by atoms with Gasteiger partial charge in [0.1, 0.15) is 5.41 Å². The van der Waals surface area contributed by atoms with Gasteiger partial charge in [0.15, 0.2) is 11.5 Å². The third-order valence-corrected chi connectivity index (χ3v) is 4.42. The molecule has 0 aliphatic heterocycles. The molecule has 28 heavy (non-hydrogen) atoms. The van der Waals surface area contributed by atoms with Gasteiger partial charge in [-0.25, -0.2) is 0 Å². The van der Waals surface area contributed by atoms with Crippen LogP contribution in [0, 0.1) is 5.41 Å². The molecule has 0 aliphatic rings. The number of nitrogens with zero attached hydrogens (tertiary/aromatic N) is 1. The molecule has 150 valence electrons. The van der Waals surface area contributed by atoms with Crippen molar-refractivity contribution in [2.24, 2.45) is 5.41 Å². The first kappa shape index (κ1) is 21.1. The van der Waals surface area contributed by atoms with Gasteiger partial charge >= 0.3 is 0 Å². The molecule has 0 saturated heterocycles. The Kier molecular flexibility index (Phi) is 6.51. The minimum absolute atomic E-state index is 0.400. The fourth-order valence-corrected chi connectivity index (χ4v) is 2.43. The van der Waals surface area contributed by atoms with Crippen molar-refractivity contribution in [3.05, 3.63) is 42.5 Å². The van der Waals surface area contributed by atoms with Crippen molar-refractivity contribution in [3.63, 3.8) is 0 Å². The summed E-state index contributed by atoms with van der Waals surface area (Å²) in [4.78, 5) is 27.4. The zero-order chi connectivity index (χ0) is 20.9. The van der Waals surface area contributed by atoms with Crippen molar-refractivity contribution in [3.8, 4) is 11.5 Å². The average Bonchev–Trinajstić information content (AvgIpc) is 2.68. The Morgan fingerprint density at radius 2 is 1.32 bits per heavy atom. The molecule has 0 aromatic heterocycles. The van der Waals surface area contributed by atoms with Gasteiger partial charge in [-0.15, -0.1) is 0 Å². The van der Waals surface area contributed by atoms with Gasteiger partial charge in [0.05, 0.1) is 14.2 Å². The number of carbonyl (C=O) groups is 2. The molecule has 0 atom stereocenters. The summed E-state index contributed by atoms with van der Waals surface area (Å²) in [7, 11) is 6.93. The van der Waals surface area contributed by atoms with Gasteiger partial charge < -0.3 is 25.0 Å². The second-order valence-corrected chi connectivity index (χ2v) is 7.04. The first-order valence-electron chi connectivity index (χ1n) is 8.81. The van der Waals surface area contributed by atoms with E-state index < -0.39 is 17.2 Å². The monoisotopic (exact) mass is 385 g/mol. The van der Waals surface area contributed by atoms with Crippen molar-refractivity contribution >= 4 is 28.9 Å². The first-order valence-corrected chi connectivity index (χ1v) is 8.81. The fraction of sp³-hybridized carbons (Fsp3) is 0.333. The lowest BCUT2D eigenvalue weighted by molar-refractivity contribution is -0.135. The molecular weight excluding hydrogens is 358 g/mol. The maximum atomic E-state index is 12.7. The molecule has 2 aromatic rings. The SMILES string of the molecule is COc1ccc(NC(=O)C(C)(C)C(=O)Nc2ccc(N(C)C)cc2)cc1OC. The van der Waals surface area contributed by atoms with Gasteiger partial charge in [-0.05, 0) is 50.2 Å². The van der Waals surface area contributed by atoms with Gasteiger partial charge in [0, 0.05) is 37.2 Å². The minimum atomic E-state index is -1.28. The molecule has 7 nitrogen and oxygen atoms in total. The maximum absolute atomic E-state index is 12.7. The van der Waals surface area contributed by atoms with Crippen LogP contribution in [0.15, 0.2) is 42.5 Å². The van der Waals surface area contributed by atoms with Crippen LogP contribution in [0.1, 0.15) is 13.8 Å². The zero-order valence-electron chi connectivity index (χ0n) is 17.1. The summed E-state index contributed by atoms with van der Waals surface area (Å²) in [5.74, 6) is 0.215. The Morgan fingerprint density at radius 3 is 1.82 bits per heavy atom. The lowest BCUT2D eigenvalue weighted by atomic mass is 9.90. The van der Waals surface area contributed by atoms with E-state index in [0.29, 0.717) is 22.9 Å². The highest BCUT2D eigenvalue weighted by atomic mass is 16.5. The van der Waals surface area contributed by atoms with E-state index in [1.807, 2.05) is 31.1 Å². The van der Waals surface area contributed by atoms with Crippen LogP contribution in [0.5, 0.6) is 11.5 Å². The number of ether oxygens (including phenoxy) is 2. The highest BCUT2D eigenvalue weighted by Crippen LogP contribution is 2.31. The molecule has 0 saturated carbocycles. The highest BCUT2D eigenvalue weighted by molar-refractivity contribution is 6.14. The quantitative estimate of drug-likeness (QED) is 0.715. The van der Waals surface area contributed by atoms with Gasteiger partial charge in [0.2, 0.25) is 11.8 Å². The molecule has 0 fully saturated rings. The second-order valence-electron chi connectivity index (χ2n) is 7.04. The molecule has 2 aromatic carbocycles. The number of hydrogen-bond donors (Lipinski definition) is 2. The van der Waals surface area contributed by atoms with Crippen LogP contribution in [-0.2, 0) is 9.59 Å². The molecular formula is C21H27N3O4. The van der Waals surface area contributed by atoms with E-state index in [4.69, 9.17) is 9.47 Å². The smallest absolute Gasteiger partial charge is 0.239 e. The van der Waals surface area contributed by atoms with Crippen LogP contribution >= 0.6 is 0 Å². The number of anilines is 3. The number of rotatable bonds is 7. The van der Waals surface area contributed by atoms with E-state index in [2.05, 4.69) is 10.6 Å². The Morgan fingerprint density at radius 1 is 0.821 bits per heavy atom. The van der Waals surface area contributed by atoms with Crippen molar-refractivity contribution in [2.75, 3.05) is 43.8 Å². The number of hydrogen-bond acceptors (Lipinski definition) is 5. The van der Waals surface area contributed by atoms with Gasteiger partial charge in [0.25, 0.3) is 0 Å². The number of nitrogens with one attached hydrogen (secondary N) is 2. The van der Waals surface area contributed by atoms with Crippen molar-refractivity contribution in [1.29, 1.82) is 0 Å². The van der Waals surface area contributed by atoms with Gasteiger partial charge in [-0.3, -0.25) is 9.59 Å². The van der Waals surface area contributed by atoms with Gasteiger partial charge in [-0.2, -0.15) is 0 Å². The van der Waals surface area contributed by atoms with Crippen molar-refractivity contribution in [1.82, 2.24) is 0 Å². The van der Waals surface area contributed by atoms with Crippen LogP contribution in [-0.4, -0.2) is 40.1 Å². The summed E-state index contributed by atoms with van der Waals surface area (Å²) < 4.78 is 10.4. The largest absolute Gasteiger partial charge is 0.493 e. The molecule has 7 heteroatoms. The molecule has 0 aliphatic carbocycles. The van der Waals surface area contributed by atoms with E-state index in [-0.39, 0.29) is 0 Å². The van der Waals surface area contributed by atoms with Crippen LogP contribution in [0.2, 0.25) is 0 Å². The van der Waals surface area contributed by atoms with Crippen LogP contribution in [0.3, 0.4) is 0 Å². The number of methoxy groups -OCH3 is 2. The predicted molar refractivity (Wildman–Crippen MR) is 111 cm³/mol. The molecule has 2 amide bonds. The van der Waals surface area contributed by atoms with E-state index in [9.17, 15) is 9.59 Å².